The van der Waals surface area contributed by atoms with Gasteiger partial charge in [0.15, 0.2) is 0 Å². The molecule has 1 atom stereocenters. The molecule has 0 aliphatic heterocycles. The number of benzene rings is 2. The Morgan fingerprint density at radius 1 is 0.634 bits per heavy atom. The standard InChI is InChI=1S/C32H35.2C2H6.CH4.2CH3.W.Y/c1-5-23-6-7-26(16-23)28-14-15-31-20-32-19-30(12-9-24(32)8-11-29(31)18-28)27-13-10-25(17-27)22(4)21(2)3;2*1-2;;;;;/h5-7,9-10,12-15,18-19,21-22H,8,11,16-17,20H2,1-4H3;2*1-2H3;1H4;2*1H3;;/q-1;;;;2*-1;;+3. The zero-order valence-electron chi connectivity index (χ0n) is 27.0. The van der Waals surface area contributed by atoms with Gasteiger partial charge in [0, 0.05) is 21.1 Å². The molecule has 2 aromatic carbocycles. The molecule has 1 unspecified atom stereocenters. The van der Waals surface area contributed by atoms with Crippen molar-refractivity contribution < 1.29 is 53.8 Å². The minimum Gasteiger partial charge on any atom is -0.358 e. The van der Waals surface area contributed by atoms with E-state index in [0.717, 1.165) is 32.1 Å². The summed E-state index contributed by atoms with van der Waals surface area (Å²) in [5.74, 6) is 1.35. The molecule has 0 spiro atoms. The molecular formula is C39H57WY. The second-order valence-electron chi connectivity index (χ2n) is 10.2. The van der Waals surface area contributed by atoms with Crippen molar-refractivity contribution in [2.75, 3.05) is 0 Å². The predicted octanol–water partition coefficient (Wildman–Crippen LogP) is 11.9. The maximum absolute atomic E-state index is 2.48. The molecule has 0 nitrogen and oxygen atoms in total. The number of hydrogen-bond acceptors (Lipinski definition) is 0. The van der Waals surface area contributed by atoms with Crippen LogP contribution in [0, 0.1) is 33.1 Å². The van der Waals surface area contributed by atoms with Crippen LogP contribution in [-0.4, -0.2) is 0 Å². The average Bonchev–Trinajstić information content (AvgIpc) is 3.57. The van der Waals surface area contributed by atoms with E-state index in [0.29, 0.717) is 11.8 Å². The van der Waals surface area contributed by atoms with E-state index in [9.17, 15) is 0 Å². The van der Waals surface area contributed by atoms with E-state index in [-0.39, 0.29) is 76.1 Å². The van der Waals surface area contributed by atoms with Crippen molar-refractivity contribution in [2.24, 2.45) is 11.8 Å². The summed E-state index contributed by atoms with van der Waals surface area (Å²) in [7, 11) is 0. The van der Waals surface area contributed by atoms with Crippen molar-refractivity contribution in [3.63, 3.8) is 0 Å². The molecule has 0 fully saturated rings. The Labute approximate surface area is 295 Å². The molecule has 0 heterocycles. The largest absolute Gasteiger partial charge is 3.00 e. The normalized spacial score (nSPS) is 14.6. The van der Waals surface area contributed by atoms with Crippen LogP contribution in [0.3, 0.4) is 0 Å². The summed E-state index contributed by atoms with van der Waals surface area (Å²) in [5.41, 5.74) is 14.9. The van der Waals surface area contributed by atoms with Gasteiger partial charge in [-0.25, -0.2) is 18.1 Å². The minimum absolute atomic E-state index is 0. The smallest absolute Gasteiger partial charge is 0.358 e. The van der Waals surface area contributed by atoms with Gasteiger partial charge in [0.2, 0.25) is 0 Å². The fourth-order valence-corrected chi connectivity index (χ4v) is 5.37. The van der Waals surface area contributed by atoms with Gasteiger partial charge in [-0.15, -0.1) is 13.0 Å². The van der Waals surface area contributed by atoms with Crippen molar-refractivity contribution in [1.82, 2.24) is 0 Å². The van der Waals surface area contributed by atoms with E-state index < -0.39 is 0 Å². The van der Waals surface area contributed by atoms with Gasteiger partial charge in [0.25, 0.3) is 0 Å². The van der Waals surface area contributed by atoms with Gasteiger partial charge in [-0.05, 0) is 82.9 Å². The molecule has 0 saturated heterocycles. The van der Waals surface area contributed by atoms with Crippen LogP contribution in [0.15, 0.2) is 71.8 Å². The average molecular weight is 799 g/mol. The Balaban J connectivity index is -0.00000154. The third-order valence-corrected chi connectivity index (χ3v) is 7.94. The van der Waals surface area contributed by atoms with Crippen molar-refractivity contribution in [3.8, 4) is 0 Å². The SMILES string of the molecule is C.CC.CC.C[CH-]C1=CC=C(c2ccc3c(c2)CCc2ccc(C4=CC=C(C(C)C(C)C)C4)cc2C3)C1.[CH3-].[CH3-].[W].[Y+3]. The summed E-state index contributed by atoms with van der Waals surface area (Å²) in [4.78, 5) is 0. The summed E-state index contributed by atoms with van der Waals surface area (Å²) in [6.45, 7) is 17.2. The summed E-state index contributed by atoms with van der Waals surface area (Å²) in [6, 6.07) is 14.4. The van der Waals surface area contributed by atoms with Gasteiger partial charge in [0.1, 0.15) is 0 Å². The van der Waals surface area contributed by atoms with E-state index in [1.807, 2.05) is 27.7 Å². The first-order valence-corrected chi connectivity index (χ1v) is 14.3. The topological polar surface area (TPSA) is 0 Å². The van der Waals surface area contributed by atoms with Crippen LogP contribution in [0.1, 0.15) is 109 Å². The van der Waals surface area contributed by atoms with Gasteiger partial charge in [-0.2, -0.15) is 0 Å². The predicted molar refractivity (Wildman–Crippen MR) is 181 cm³/mol. The number of aryl methyl sites for hydroxylation is 2. The fraction of sp³-hybridized carbons (Fsp3) is 0.410. The van der Waals surface area contributed by atoms with Crippen LogP contribution in [0.5, 0.6) is 0 Å². The number of hydrogen-bond donors (Lipinski definition) is 0. The van der Waals surface area contributed by atoms with Gasteiger partial charge < -0.3 is 14.9 Å². The molecule has 3 aliphatic carbocycles. The molecule has 2 aromatic rings. The molecule has 0 radical (unpaired) electrons. The first-order valence-electron chi connectivity index (χ1n) is 14.3. The van der Waals surface area contributed by atoms with Gasteiger partial charge >= 0.3 is 32.7 Å². The van der Waals surface area contributed by atoms with Crippen LogP contribution in [0.4, 0.5) is 0 Å². The van der Waals surface area contributed by atoms with Crippen LogP contribution in [0.25, 0.3) is 11.1 Å². The molecule has 5 rings (SSSR count). The second-order valence-corrected chi connectivity index (χ2v) is 10.2. The molecule has 41 heavy (non-hydrogen) atoms. The molecule has 3 aliphatic rings. The number of allylic oxidation sites excluding steroid dienone is 8. The maximum atomic E-state index is 2.48. The zero-order chi connectivity index (χ0) is 26.2. The Morgan fingerprint density at radius 3 is 1.71 bits per heavy atom. The molecule has 0 saturated carbocycles. The van der Waals surface area contributed by atoms with Gasteiger partial charge in [-0.1, -0.05) is 116 Å². The van der Waals surface area contributed by atoms with E-state index >= 15 is 0 Å². The van der Waals surface area contributed by atoms with Gasteiger partial charge in [-0.3, -0.25) is 0 Å². The zero-order valence-corrected chi connectivity index (χ0v) is 32.8. The first-order chi connectivity index (χ1) is 17.5. The molecule has 0 N–H and O–H groups in total. The van der Waals surface area contributed by atoms with Crippen LogP contribution < -0.4 is 0 Å². The van der Waals surface area contributed by atoms with Crippen molar-refractivity contribution in [2.45, 2.75) is 94.9 Å². The summed E-state index contributed by atoms with van der Waals surface area (Å²) in [6.07, 6.45) is 17.0. The van der Waals surface area contributed by atoms with E-state index in [1.165, 1.54) is 50.1 Å². The van der Waals surface area contributed by atoms with Crippen molar-refractivity contribution in [1.29, 1.82) is 0 Å². The van der Waals surface area contributed by atoms with Crippen LogP contribution in [-0.2, 0) is 73.0 Å². The van der Waals surface area contributed by atoms with Gasteiger partial charge in [0.05, 0.1) is 0 Å². The molecule has 0 amide bonds. The number of rotatable bonds is 5. The van der Waals surface area contributed by atoms with Crippen LogP contribution >= 0.6 is 0 Å². The summed E-state index contributed by atoms with van der Waals surface area (Å²) in [5, 5.41) is 0. The molecule has 2 heteroatoms. The van der Waals surface area contributed by atoms with E-state index in [1.54, 1.807) is 5.57 Å². The Bertz CT molecular complexity index is 1180. The fourth-order valence-electron chi connectivity index (χ4n) is 5.37. The molecule has 222 valence electrons. The van der Waals surface area contributed by atoms with E-state index in [2.05, 4.69) is 94.8 Å². The first kappa shape index (κ1) is 44.5. The number of fused-ring (bicyclic) bond motifs is 2. The monoisotopic (exact) mass is 798 g/mol. The second kappa shape index (κ2) is 21.7. The van der Waals surface area contributed by atoms with E-state index in [4.69, 9.17) is 0 Å². The minimum atomic E-state index is 0. The molecular weight excluding hydrogens is 741 g/mol. The maximum Gasteiger partial charge on any atom is 3.00 e. The third-order valence-electron chi connectivity index (χ3n) is 7.94. The van der Waals surface area contributed by atoms with Crippen molar-refractivity contribution >= 4 is 11.1 Å². The molecule has 0 aromatic heterocycles. The summed E-state index contributed by atoms with van der Waals surface area (Å²) >= 11 is 0. The Morgan fingerprint density at radius 2 is 1.15 bits per heavy atom. The Hall–Kier alpha value is -0.938. The van der Waals surface area contributed by atoms with Crippen LogP contribution in [0.2, 0.25) is 0 Å². The quantitative estimate of drug-likeness (QED) is 0.264. The molecule has 0 bridgehead atoms. The Kier molecular flexibility index (Phi) is 23.6. The third kappa shape index (κ3) is 10.9. The van der Waals surface area contributed by atoms with Crippen molar-refractivity contribution in [3.05, 3.63) is 127 Å². The summed E-state index contributed by atoms with van der Waals surface area (Å²) < 4.78 is 0.